The van der Waals surface area contributed by atoms with E-state index in [2.05, 4.69) is 36.7 Å². The first-order valence-corrected chi connectivity index (χ1v) is 3.72. The summed E-state index contributed by atoms with van der Waals surface area (Å²) in [6.07, 6.45) is 0. The molecule has 0 aromatic carbocycles. The van der Waals surface area contributed by atoms with Crippen molar-refractivity contribution in [1.82, 2.24) is 16.0 Å². The number of nitrogens with one attached hydrogen (secondary N) is 2. The van der Waals surface area contributed by atoms with Gasteiger partial charge >= 0.3 is 0 Å². The average Bonchev–Trinajstić information content (AvgIpc) is 2.11. The summed E-state index contributed by atoms with van der Waals surface area (Å²) in [7, 11) is 2.04. The highest BCUT2D eigenvalue weighted by Gasteiger charge is 2.29. The number of hydrogen-bond acceptors (Lipinski definition) is 3. The van der Waals surface area contributed by atoms with E-state index in [1.807, 2.05) is 7.05 Å². The number of likely N-dealkylation sites (N-methyl/N-ethyl adjacent to an activating group) is 1. The molecule has 1 aliphatic rings. The van der Waals surface area contributed by atoms with Gasteiger partial charge in [-0.3, -0.25) is 0 Å². The minimum atomic E-state index is 0.345. The normalized spacial score (nSPS) is 29.4. The fraction of sp³-hybridized carbons (Fsp3) is 1.00. The van der Waals surface area contributed by atoms with Crippen LogP contribution in [0, 0.1) is 5.41 Å². The summed E-state index contributed by atoms with van der Waals surface area (Å²) in [4.78, 5) is 0. The van der Waals surface area contributed by atoms with Crippen molar-refractivity contribution >= 4 is 0 Å². The maximum atomic E-state index is 3.22. The van der Waals surface area contributed by atoms with Gasteiger partial charge in [-0.1, -0.05) is 20.8 Å². The van der Waals surface area contributed by atoms with Crippen LogP contribution in [0.3, 0.4) is 0 Å². The van der Waals surface area contributed by atoms with Gasteiger partial charge in [0.25, 0.3) is 0 Å². The van der Waals surface area contributed by atoms with Gasteiger partial charge in [-0.25, -0.2) is 10.4 Å². The molecular weight excluding hydrogens is 126 g/mol. The Labute approximate surface area is 62.7 Å². The lowest BCUT2D eigenvalue weighted by molar-refractivity contribution is 0.287. The highest BCUT2D eigenvalue weighted by atomic mass is 15.7. The summed E-state index contributed by atoms with van der Waals surface area (Å²) >= 11 is 0. The van der Waals surface area contributed by atoms with Crippen molar-refractivity contribution in [3.63, 3.8) is 0 Å². The summed E-state index contributed by atoms with van der Waals surface area (Å²) in [5.74, 6) is 0. The highest BCUT2D eigenvalue weighted by molar-refractivity contribution is 4.83. The molecule has 1 aliphatic heterocycles. The topological polar surface area (TPSA) is 27.3 Å². The predicted molar refractivity (Wildman–Crippen MR) is 42.1 cm³/mol. The maximum absolute atomic E-state index is 3.22. The van der Waals surface area contributed by atoms with Gasteiger partial charge in [-0.15, -0.1) is 0 Å². The van der Waals surface area contributed by atoms with Gasteiger partial charge in [-0.05, 0) is 5.41 Å². The molecule has 0 aliphatic carbocycles. The van der Waals surface area contributed by atoms with Gasteiger partial charge in [-0.2, -0.15) is 5.53 Å². The first kappa shape index (κ1) is 7.98. The lowest BCUT2D eigenvalue weighted by atomic mass is 9.87. The minimum Gasteiger partial charge on any atom is -0.239 e. The zero-order valence-electron chi connectivity index (χ0n) is 7.23. The van der Waals surface area contributed by atoms with Crippen LogP contribution in [0.1, 0.15) is 20.8 Å². The third-order valence-corrected chi connectivity index (χ3v) is 1.93. The Balaban J connectivity index is 2.45. The molecule has 0 spiro atoms. The van der Waals surface area contributed by atoms with Gasteiger partial charge in [0.15, 0.2) is 0 Å². The van der Waals surface area contributed by atoms with Crippen molar-refractivity contribution in [3.05, 3.63) is 0 Å². The monoisotopic (exact) mass is 143 g/mol. The second-order valence-corrected chi connectivity index (χ2v) is 4.06. The SMILES string of the molecule is CN1CC(C(C)(C)C)NN1. The van der Waals surface area contributed by atoms with E-state index in [9.17, 15) is 0 Å². The van der Waals surface area contributed by atoms with Crippen LogP contribution >= 0.6 is 0 Å². The second-order valence-electron chi connectivity index (χ2n) is 4.06. The van der Waals surface area contributed by atoms with Crippen LogP contribution in [0.15, 0.2) is 0 Å². The van der Waals surface area contributed by atoms with Crippen molar-refractivity contribution in [2.24, 2.45) is 5.41 Å². The number of hydrogen-bond donors (Lipinski definition) is 2. The number of hydrazine groups is 2. The van der Waals surface area contributed by atoms with E-state index in [1.54, 1.807) is 0 Å². The molecule has 1 rings (SSSR count). The Morgan fingerprint density at radius 2 is 2.00 bits per heavy atom. The van der Waals surface area contributed by atoms with E-state index in [0.717, 1.165) is 6.54 Å². The van der Waals surface area contributed by atoms with E-state index in [-0.39, 0.29) is 0 Å². The van der Waals surface area contributed by atoms with E-state index in [4.69, 9.17) is 0 Å². The molecule has 1 fully saturated rings. The second kappa shape index (κ2) is 2.49. The molecule has 0 bridgehead atoms. The van der Waals surface area contributed by atoms with Crippen molar-refractivity contribution < 1.29 is 0 Å². The van der Waals surface area contributed by atoms with Crippen molar-refractivity contribution in [2.75, 3.05) is 13.6 Å². The Kier molecular flexibility index (Phi) is 1.99. The molecule has 3 heteroatoms. The molecule has 3 nitrogen and oxygen atoms in total. The highest BCUT2D eigenvalue weighted by Crippen LogP contribution is 2.20. The Hall–Kier alpha value is -0.120. The lowest BCUT2D eigenvalue weighted by Crippen LogP contribution is -2.40. The van der Waals surface area contributed by atoms with Gasteiger partial charge in [0.1, 0.15) is 0 Å². The molecule has 1 heterocycles. The smallest absolute Gasteiger partial charge is 0.0416 e. The first-order chi connectivity index (χ1) is 4.50. The quantitative estimate of drug-likeness (QED) is 0.512. The molecule has 0 aromatic rings. The number of rotatable bonds is 0. The molecule has 1 saturated heterocycles. The van der Waals surface area contributed by atoms with E-state index in [1.165, 1.54) is 0 Å². The zero-order valence-corrected chi connectivity index (χ0v) is 7.23. The summed E-state index contributed by atoms with van der Waals surface area (Å²) in [6.45, 7) is 7.80. The standard InChI is InChI=1S/C7H17N3/c1-7(2,3)6-5-10(4)9-8-6/h6,8-9H,5H2,1-4H3. The number of nitrogens with zero attached hydrogens (tertiary/aromatic N) is 1. The zero-order chi connectivity index (χ0) is 7.78. The van der Waals surface area contributed by atoms with Crippen LogP contribution in [0.25, 0.3) is 0 Å². The van der Waals surface area contributed by atoms with E-state index in [0.29, 0.717) is 11.5 Å². The van der Waals surface area contributed by atoms with Gasteiger partial charge < -0.3 is 0 Å². The Morgan fingerprint density at radius 3 is 2.20 bits per heavy atom. The summed E-state index contributed by atoms with van der Waals surface area (Å²) in [6, 6.07) is 0.553. The lowest BCUT2D eigenvalue weighted by Gasteiger charge is -2.25. The largest absolute Gasteiger partial charge is 0.239 e. The van der Waals surface area contributed by atoms with Crippen LogP contribution in [0.5, 0.6) is 0 Å². The third-order valence-electron chi connectivity index (χ3n) is 1.93. The first-order valence-electron chi connectivity index (χ1n) is 3.72. The van der Waals surface area contributed by atoms with Crippen molar-refractivity contribution in [2.45, 2.75) is 26.8 Å². The summed E-state index contributed by atoms with van der Waals surface area (Å²) in [5.41, 5.74) is 6.63. The van der Waals surface area contributed by atoms with Crippen LogP contribution < -0.4 is 11.0 Å². The minimum absolute atomic E-state index is 0.345. The molecule has 1 unspecified atom stereocenters. The fourth-order valence-corrected chi connectivity index (χ4v) is 1.04. The van der Waals surface area contributed by atoms with Crippen molar-refractivity contribution in [3.8, 4) is 0 Å². The van der Waals surface area contributed by atoms with Gasteiger partial charge in [0.05, 0.1) is 0 Å². The van der Waals surface area contributed by atoms with E-state index < -0.39 is 0 Å². The maximum Gasteiger partial charge on any atom is 0.0416 e. The third kappa shape index (κ3) is 1.68. The predicted octanol–water partition coefficient (Wildman–Crippen LogP) is 0.356. The van der Waals surface area contributed by atoms with Gasteiger partial charge in [0, 0.05) is 19.6 Å². The van der Waals surface area contributed by atoms with Crippen LogP contribution in [0.4, 0.5) is 0 Å². The summed E-state index contributed by atoms with van der Waals surface area (Å²) < 4.78 is 0. The molecule has 0 amide bonds. The van der Waals surface area contributed by atoms with Crippen LogP contribution in [-0.4, -0.2) is 24.6 Å². The van der Waals surface area contributed by atoms with Gasteiger partial charge in [0.2, 0.25) is 0 Å². The molecule has 10 heavy (non-hydrogen) atoms. The molecule has 0 aromatic heterocycles. The van der Waals surface area contributed by atoms with Crippen LogP contribution in [-0.2, 0) is 0 Å². The molecule has 60 valence electrons. The molecule has 1 atom stereocenters. The van der Waals surface area contributed by atoms with Crippen LogP contribution in [0.2, 0.25) is 0 Å². The Morgan fingerprint density at radius 1 is 1.40 bits per heavy atom. The molecule has 0 radical (unpaired) electrons. The molecule has 0 saturated carbocycles. The Bertz CT molecular complexity index is 117. The fourth-order valence-electron chi connectivity index (χ4n) is 1.04. The summed E-state index contributed by atoms with van der Waals surface area (Å²) in [5, 5.41) is 2.07. The van der Waals surface area contributed by atoms with Crippen molar-refractivity contribution in [1.29, 1.82) is 0 Å². The van der Waals surface area contributed by atoms with E-state index >= 15 is 0 Å². The molecule has 2 N–H and O–H groups in total. The average molecular weight is 143 g/mol. The molecular formula is C7H17N3.